The van der Waals surface area contributed by atoms with Gasteiger partial charge >= 0.3 is 0 Å². The van der Waals surface area contributed by atoms with E-state index in [0.717, 1.165) is 10.4 Å². The first kappa shape index (κ1) is 19.2. The molecule has 3 heterocycles. The molecule has 0 aliphatic heterocycles. The second kappa shape index (κ2) is 7.69. The van der Waals surface area contributed by atoms with E-state index in [1.807, 2.05) is 23.6 Å². The average Bonchev–Trinajstić information content (AvgIpc) is 3.26. The van der Waals surface area contributed by atoms with E-state index in [4.69, 9.17) is 26.4 Å². The summed E-state index contributed by atoms with van der Waals surface area (Å²) < 4.78 is 16.7. The van der Waals surface area contributed by atoms with E-state index in [2.05, 4.69) is 15.0 Å². The number of methoxy groups -OCH3 is 3. The monoisotopic (exact) mass is 427 g/mol. The molecule has 0 aliphatic rings. The van der Waals surface area contributed by atoms with Crippen molar-refractivity contribution >= 4 is 34.6 Å². The summed E-state index contributed by atoms with van der Waals surface area (Å²) in [7, 11) is 4.71. The minimum absolute atomic E-state index is 0.206. The van der Waals surface area contributed by atoms with Gasteiger partial charge in [-0.05, 0) is 29.7 Å². The van der Waals surface area contributed by atoms with Gasteiger partial charge in [0.25, 0.3) is 5.56 Å². The van der Waals surface area contributed by atoms with Crippen LogP contribution in [-0.2, 0) is 0 Å². The van der Waals surface area contributed by atoms with Gasteiger partial charge in [-0.25, -0.2) is 4.98 Å². The number of aromatic nitrogens is 3. The third-order valence-corrected chi connectivity index (χ3v) is 5.57. The van der Waals surface area contributed by atoms with Gasteiger partial charge in [0.2, 0.25) is 0 Å². The van der Waals surface area contributed by atoms with Gasteiger partial charge in [0.1, 0.15) is 22.9 Å². The Hall–Kier alpha value is -3.17. The first-order chi connectivity index (χ1) is 14.0. The molecule has 0 saturated heterocycles. The zero-order valence-corrected chi connectivity index (χ0v) is 17.5. The molecule has 2 N–H and O–H groups in total. The zero-order valence-electron chi connectivity index (χ0n) is 15.9. The predicted octanol–water partition coefficient (Wildman–Crippen LogP) is 4.40. The maximum atomic E-state index is 12.6. The summed E-state index contributed by atoms with van der Waals surface area (Å²) in [5.74, 6) is 1.67. The molecule has 0 spiro atoms. The standard InChI is InChI=1S/C20H17N3O4S2/c1-25-10-7-13(26-2)17(14(8-10)27-3)12-9-11(15-5-4-6-29-15)16-18(21-12)22-20(28)23-19(16)24/h4-9H,1-3H3,(H2,21,22,23,24,28). The fraction of sp³-hybridized carbons (Fsp3) is 0.150. The summed E-state index contributed by atoms with van der Waals surface area (Å²) >= 11 is 6.68. The molecule has 0 saturated carbocycles. The molecule has 0 amide bonds. The van der Waals surface area contributed by atoms with Crippen LogP contribution >= 0.6 is 23.6 Å². The average molecular weight is 428 g/mol. The Balaban J connectivity index is 2.11. The molecule has 0 unspecified atom stereocenters. The number of nitrogens with one attached hydrogen (secondary N) is 2. The van der Waals surface area contributed by atoms with Gasteiger partial charge in [-0.1, -0.05) is 6.07 Å². The van der Waals surface area contributed by atoms with Crippen LogP contribution in [0, 0.1) is 4.77 Å². The predicted molar refractivity (Wildman–Crippen MR) is 116 cm³/mol. The molecule has 29 heavy (non-hydrogen) atoms. The first-order valence-corrected chi connectivity index (χ1v) is 9.86. The summed E-state index contributed by atoms with van der Waals surface area (Å²) in [5.41, 5.74) is 2.07. The first-order valence-electron chi connectivity index (χ1n) is 8.57. The number of nitrogens with zero attached hydrogens (tertiary/aromatic N) is 1. The van der Waals surface area contributed by atoms with Gasteiger partial charge < -0.3 is 19.2 Å². The molecule has 4 rings (SSSR count). The van der Waals surface area contributed by atoms with Crippen molar-refractivity contribution in [3.05, 3.63) is 50.8 Å². The summed E-state index contributed by atoms with van der Waals surface area (Å²) in [6, 6.07) is 9.25. The minimum Gasteiger partial charge on any atom is -0.496 e. The number of fused-ring (bicyclic) bond motifs is 1. The highest BCUT2D eigenvalue weighted by Gasteiger charge is 2.20. The number of thiophene rings is 1. The third-order valence-electron chi connectivity index (χ3n) is 4.46. The molecule has 0 radical (unpaired) electrons. The van der Waals surface area contributed by atoms with Crippen LogP contribution in [0.15, 0.2) is 40.5 Å². The van der Waals surface area contributed by atoms with E-state index >= 15 is 0 Å². The van der Waals surface area contributed by atoms with Crippen molar-refractivity contribution in [2.75, 3.05) is 21.3 Å². The zero-order chi connectivity index (χ0) is 20.5. The summed E-state index contributed by atoms with van der Waals surface area (Å²) in [6.45, 7) is 0. The van der Waals surface area contributed by atoms with Crippen LogP contribution in [0.2, 0.25) is 0 Å². The molecule has 3 aromatic heterocycles. The summed E-state index contributed by atoms with van der Waals surface area (Å²) in [5, 5.41) is 2.39. The molecule has 148 valence electrons. The lowest BCUT2D eigenvalue weighted by Gasteiger charge is -2.16. The van der Waals surface area contributed by atoms with Crippen molar-refractivity contribution in [1.29, 1.82) is 0 Å². The normalized spacial score (nSPS) is 10.9. The lowest BCUT2D eigenvalue weighted by Crippen LogP contribution is -2.10. The maximum Gasteiger partial charge on any atom is 0.261 e. The largest absolute Gasteiger partial charge is 0.496 e. The third kappa shape index (κ3) is 3.39. The van der Waals surface area contributed by atoms with Crippen molar-refractivity contribution in [2.45, 2.75) is 0 Å². The van der Waals surface area contributed by atoms with Crippen LogP contribution in [0.1, 0.15) is 0 Å². The number of hydrogen-bond acceptors (Lipinski definition) is 7. The van der Waals surface area contributed by atoms with Crippen molar-refractivity contribution in [3.8, 4) is 38.9 Å². The number of hydrogen-bond donors (Lipinski definition) is 2. The SMILES string of the molecule is COc1cc(OC)c(-c2cc(-c3cccs3)c3c(=O)[nH]c(=S)[nH]c3n2)c(OC)c1. The molecule has 7 nitrogen and oxygen atoms in total. The van der Waals surface area contributed by atoms with E-state index in [9.17, 15) is 4.79 Å². The minimum atomic E-state index is -0.292. The Morgan fingerprint density at radius 3 is 2.34 bits per heavy atom. The van der Waals surface area contributed by atoms with Gasteiger partial charge in [-0.3, -0.25) is 9.78 Å². The summed E-state index contributed by atoms with van der Waals surface area (Å²) in [6.07, 6.45) is 0. The van der Waals surface area contributed by atoms with E-state index in [1.165, 1.54) is 11.3 Å². The number of aromatic amines is 2. The highest BCUT2D eigenvalue weighted by molar-refractivity contribution is 7.71. The van der Waals surface area contributed by atoms with Crippen molar-refractivity contribution in [2.24, 2.45) is 0 Å². The Kier molecular flexibility index (Phi) is 5.08. The molecule has 0 bridgehead atoms. The smallest absolute Gasteiger partial charge is 0.261 e. The van der Waals surface area contributed by atoms with Gasteiger partial charge in [-0.2, -0.15) is 0 Å². The molecular weight excluding hydrogens is 410 g/mol. The quantitative estimate of drug-likeness (QED) is 0.459. The van der Waals surface area contributed by atoms with Crippen LogP contribution in [0.4, 0.5) is 0 Å². The molecule has 1 aromatic carbocycles. The Morgan fingerprint density at radius 1 is 1.03 bits per heavy atom. The van der Waals surface area contributed by atoms with Crippen LogP contribution in [0.3, 0.4) is 0 Å². The van der Waals surface area contributed by atoms with Gasteiger partial charge in [0.15, 0.2) is 4.77 Å². The van der Waals surface area contributed by atoms with Gasteiger partial charge in [0, 0.05) is 22.6 Å². The second-order valence-corrected chi connectivity index (χ2v) is 7.43. The van der Waals surface area contributed by atoms with E-state index in [0.29, 0.717) is 39.5 Å². The van der Waals surface area contributed by atoms with Crippen LogP contribution in [0.5, 0.6) is 17.2 Å². The molecule has 0 fully saturated rings. The Morgan fingerprint density at radius 2 is 1.76 bits per heavy atom. The van der Waals surface area contributed by atoms with E-state index in [-0.39, 0.29) is 10.3 Å². The second-order valence-electron chi connectivity index (χ2n) is 6.07. The molecule has 9 heteroatoms. The highest BCUT2D eigenvalue weighted by atomic mass is 32.1. The topological polar surface area (TPSA) is 89.2 Å². The fourth-order valence-electron chi connectivity index (χ4n) is 3.18. The van der Waals surface area contributed by atoms with Crippen molar-refractivity contribution in [1.82, 2.24) is 15.0 Å². The van der Waals surface area contributed by atoms with Crippen LogP contribution in [-0.4, -0.2) is 36.3 Å². The van der Waals surface area contributed by atoms with Crippen molar-refractivity contribution < 1.29 is 14.2 Å². The molecular formula is C20H17N3O4S2. The molecule has 4 aromatic rings. The Labute approximate surface area is 174 Å². The fourth-order valence-corrected chi connectivity index (χ4v) is 4.12. The number of H-pyrrole nitrogens is 2. The number of benzene rings is 1. The molecule has 0 aliphatic carbocycles. The highest BCUT2D eigenvalue weighted by Crippen LogP contribution is 2.43. The maximum absolute atomic E-state index is 12.6. The molecule has 0 atom stereocenters. The van der Waals surface area contributed by atoms with Gasteiger partial charge in [0.05, 0.1) is 38.0 Å². The summed E-state index contributed by atoms with van der Waals surface area (Å²) in [4.78, 5) is 23.9. The van der Waals surface area contributed by atoms with E-state index < -0.39 is 0 Å². The lowest BCUT2D eigenvalue weighted by molar-refractivity contribution is 0.377. The van der Waals surface area contributed by atoms with Crippen LogP contribution < -0.4 is 19.8 Å². The van der Waals surface area contributed by atoms with E-state index in [1.54, 1.807) is 33.5 Å². The van der Waals surface area contributed by atoms with Gasteiger partial charge in [-0.15, -0.1) is 11.3 Å². The number of rotatable bonds is 5. The number of ether oxygens (including phenoxy) is 3. The Bertz CT molecular complexity index is 1280. The number of pyridine rings is 1. The van der Waals surface area contributed by atoms with Crippen LogP contribution in [0.25, 0.3) is 32.7 Å². The van der Waals surface area contributed by atoms with Crippen molar-refractivity contribution in [3.63, 3.8) is 0 Å². The lowest BCUT2D eigenvalue weighted by atomic mass is 10.0.